The van der Waals surface area contributed by atoms with E-state index in [-0.39, 0.29) is 5.91 Å². The van der Waals surface area contributed by atoms with Crippen molar-refractivity contribution in [1.82, 2.24) is 19.7 Å². The van der Waals surface area contributed by atoms with E-state index in [1.54, 1.807) is 24.7 Å². The predicted octanol–water partition coefficient (Wildman–Crippen LogP) is 1.13. The maximum Gasteiger partial charge on any atom is 0.326 e. The highest BCUT2D eigenvalue weighted by Gasteiger charge is 2.25. The molecular weight excluding hydrogens is 272 g/mol. The van der Waals surface area contributed by atoms with Crippen molar-refractivity contribution in [1.29, 1.82) is 0 Å². The van der Waals surface area contributed by atoms with Crippen LogP contribution in [0.3, 0.4) is 0 Å². The third kappa shape index (κ3) is 2.46. The molecule has 0 aliphatic heterocycles. The summed E-state index contributed by atoms with van der Waals surface area (Å²) in [6, 6.07) is 0.829. The number of carbonyl (C=O) groups is 2. The van der Waals surface area contributed by atoms with Crippen LogP contribution in [0.1, 0.15) is 28.7 Å². The zero-order chi connectivity index (χ0) is 15.9. The minimum absolute atomic E-state index is 0.361. The van der Waals surface area contributed by atoms with Crippen LogP contribution >= 0.6 is 0 Å². The van der Waals surface area contributed by atoms with Gasteiger partial charge in [-0.3, -0.25) is 9.48 Å². The number of carboxylic acids is 1. The molecule has 0 saturated heterocycles. The molecule has 0 aliphatic rings. The molecule has 7 heteroatoms. The highest BCUT2D eigenvalue weighted by molar-refractivity contribution is 6.00. The van der Waals surface area contributed by atoms with Gasteiger partial charge in [0, 0.05) is 19.5 Å². The number of likely N-dealkylation sites (N-methyl/N-ethyl adjacent to an activating group) is 1. The van der Waals surface area contributed by atoms with E-state index in [1.807, 2.05) is 6.92 Å². The van der Waals surface area contributed by atoms with Crippen LogP contribution in [0.15, 0.2) is 6.07 Å². The van der Waals surface area contributed by atoms with Gasteiger partial charge in [0.05, 0.1) is 17.0 Å². The lowest BCUT2D eigenvalue weighted by molar-refractivity contribution is -0.141. The number of fused-ring (bicyclic) bond motifs is 1. The Bertz CT molecular complexity index is 735. The molecule has 0 radical (unpaired) electrons. The highest BCUT2D eigenvalue weighted by Crippen LogP contribution is 2.20. The molecular formula is C14H18N4O3. The van der Waals surface area contributed by atoms with E-state index in [2.05, 4.69) is 10.1 Å². The van der Waals surface area contributed by atoms with Gasteiger partial charge in [-0.05, 0) is 26.8 Å². The normalized spacial score (nSPS) is 12.4. The molecule has 112 valence electrons. The first-order chi connectivity index (χ1) is 9.73. The number of amides is 1. The number of carboxylic acid groups (broad SMARTS) is 1. The molecule has 0 saturated carbocycles. The van der Waals surface area contributed by atoms with Crippen molar-refractivity contribution in [2.75, 3.05) is 7.05 Å². The molecule has 2 rings (SSSR count). The van der Waals surface area contributed by atoms with Gasteiger partial charge in [0.15, 0.2) is 5.65 Å². The SMILES string of the molecule is Cc1nc2c(cc1C(=O)N(C)C(C)C(=O)O)c(C)nn2C. The van der Waals surface area contributed by atoms with Crippen LogP contribution in [-0.2, 0) is 11.8 Å². The Morgan fingerprint density at radius 1 is 1.33 bits per heavy atom. The van der Waals surface area contributed by atoms with Crippen LogP contribution in [0, 0.1) is 13.8 Å². The van der Waals surface area contributed by atoms with Crippen LogP contribution in [0.25, 0.3) is 11.0 Å². The lowest BCUT2D eigenvalue weighted by Gasteiger charge is -2.22. The van der Waals surface area contributed by atoms with E-state index < -0.39 is 12.0 Å². The molecule has 1 amide bonds. The maximum atomic E-state index is 12.5. The molecule has 2 aromatic rings. The number of hydrogen-bond donors (Lipinski definition) is 1. The Balaban J connectivity index is 2.51. The standard InChI is InChI=1S/C14H18N4O3/c1-7-11(13(19)17(4)9(3)14(20)21)6-10-8(2)16-18(5)12(10)15-7/h6,9H,1-5H3,(H,20,21). The zero-order valence-electron chi connectivity index (χ0n) is 12.7. The van der Waals surface area contributed by atoms with Gasteiger partial charge in [0.2, 0.25) is 0 Å². The lowest BCUT2D eigenvalue weighted by Crippen LogP contribution is -2.40. The second-order valence-corrected chi connectivity index (χ2v) is 5.13. The van der Waals surface area contributed by atoms with Gasteiger partial charge < -0.3 is 10.0 Å². The van der Waals surface area contributed by atoms with Gasteiger partial charge in [0.1, 0.15) is 6.04 Å². The van der Waals surface area contributed by atoms with Crippen LogP contribution in [0.2, 0.25) is 0 Å². The van der Waals surface area contributed by atoms with E-state index in [4.69, 9.17) is 5.11 Å². The van der Waals surface area contributed by atoms with Crippen molar-refractivity contribution in [2.24, 2.45) is 7.05 Å². The summed E-state index contributed by atoms with van der Waals surface area (Å²) in [5, 5.41) is 14.1. The number of aryl methyl sites for hydroxylation is 3. The smallest absolute Gasteiger partial charge is 0.326 e. The minimum Gasteiger partial charge on any atom is -0.480 e. The molecule has 0 aromatic carbocycles. The predicted molar refractivity (Wildman–Crippen MR) is 77.2 cm³/mol. The van der Waals surface area contributed by atoms with Crippen molar-refractivity contribution in [3.05, 3.63) is 23.0 Å². The van der Waals surface area contributed by atoms with E-state index in [9.17, 15) is 9.59 Å². The van der Waals surface area contributed by atoms with Crippen LogP contribution in [0.4, 0.5) is 0 Å². The van der Waals surface area contributed by atoms with Crippen molar-refractivity contribution < 1.29 is 14.7 Å². The second-order valence-electron chi connectivity index (χ2n) is 5.13. The first kappa shape index (κ1) is 15.0. The van der Waals surface area contributed by atoms with Gasteiger partial charge in [-0.1, -0.05) is 0 Å². The van der Waals surface area contributed by atoms with Crippen molar-refractivity contribution in [2.45, 2.75) is 26.8 Å². The van der Waals surface area contributed by atoms with Gasteiger partial charge >= 0.3 is 5.97 Å². The number of hydrogen-bond acceptors (Lipinski definition) is 4. The fourth-order valence-electron chi connectivity index (χ4n) is 2.18. The topological polar surface area (TPSA) is 88.3 Å². The second kappa shape index (κ2) is 5.16. The Hall–Kier alpha value is -2.44. The Labute approximate surface area is 122 Å². The number of nitrogens with zero attached hydrogens (tertiary/aromatic N) is 4. The number of pyridine rings is 1. The molecule has 21 heavy (non-hydrogen) atoms. The third-order valence-electron chi connectivity index (χ3n) is 3.68. The molecule has 1 N–H and O–H groups in total. The van der Waals surface area contributed by atoms with Crippen LogP contribution in [-0.4, -0.2) is 49.7 Å². The summed E-state index contributed by atoms with van der Waals surface area (Å²) < 4.78 is 1.66. The fourth-order valence-corrected chi connectivity index (χ4v) is 2.18. The fraction of sp³-hybridized carbons (Fsp3) is 0.429. The van der Waals surface area contributed by atoms with Gasteiger partial charge in [-0.2, -0.15) is 5.10 Å². The summed E-state index contributed by atoms with van der Waals surface area (Å²) in [6.45, 7) is 5.04. The van der Waals surface area contributed by atoms with Crippen LogP contribution < -0.4 is 0 Å². The minimum atomic E-state index is -1.05. The average Bonchev–Trinajstić information content (AvgIpc) is 2.70. The summed E-state index contributed by atoms with van der Waals surface area (Å²) >= 11 is 0. The molecule has 1 unspecified atom stereocenters. The van der Waals surface area contributed by atoms with Crippen molar-refractivity contribution >= 4 is 22.9 Å². The molecule has 7 nitrogen and oxygen atoms in total. The molecule has 2 heterocycles. The molecule has 0 aliphatic carbocycles. The highest BCUT2D eigenvalue weighted by atomic mass is 16.4. The molecule has 1 atom stereocenters. The third-order valence-corrected chi connectivity index (χ3v) is 3.68. The van der Waals surface area contributed by atoms with Crippen molar-refractivity contribution in [3.8, 4) is 0 Å². The van der Waals surface area contributed by atoms with Gasteiger partial charge in [-0.25, -0.2) is 9.78 Å². The van der Waals surface area contributed by atoms with E-state index in [0.29, 0.717) is 16.9 Å². The average molecular weight is 290 g/mol. The summed E-state index contributed by atoms with van der Waals surface area (Å²) in [7, 11) is 3.27. The zero-order valence-corrected chi connectivity index (χ0v) is 12.7. The number of carbonyl (C=O) groups excluding carboxylic acids is 1. The number of aromatic nitrogens is 3. The first-order valence-corrected chi connectivity index (χ1v) is 6.55. The molecule has 0 bridgehead atoms. The quantitative estimate of drug-likeness (QED) is 0.915. The van der Waals surface area contributed by atoms with E-state index in [1.165, 1.54) is 18.9 Å². The molecule has 2 aromatic heterocycles. The van der Waals surface area contributed by atoms with Crippen molar-refractivity contribution in [3.63, 3.8) is 0 Å². The lowest BCUT2D eigenvalue weighted by atomic mass is 10.1. The summed E-state index contributed by atoms with van der Waals surface area (Å²) in [5.41, 5.74) is 2.44. The van der Waals surface area contributed by atoms with Gasteiger partial charge in [-0.15, -0.1) is 0 Å². The molecule has 0 spiro atoms. The Morgan fingerprint density at radius 3 is 2.52 bits per heavy atom. The summed E-state index contributed by atoms with van der Waals surface area (Å²) in [4.78, 5) is 29.1. The first-order valence-electron chi connectivity index (χ1n) is 6.55. The van der Waals surface area contributed by atoms with E-state index >= 15 is 0 Å². The monoisotopic (exact) mass is 290 g/mol. The number of rotatable bonds is 3. The van der Waals surface area contributed by atoms with E-state index in [0.717, 1.165) is 11.1 Å². The van der Waals surface area contributed by atoms with Crippen LogP contribution in [0.5, 0.6) is 0 Å². The molecule has 0 fully saturated rings. The summed E-state index contributed by atoms with van der Waals surface area (Å²) in [5.74, 6) is -1.41. The largest absolute Gasteiger partial charge is 0.480 e. The van der Waals surface area contributed by atoms with Gasteiger partial charge in [0.25, 0.3) is 5.91 Å². The summed E-state index contributed by atoms with van der Waals surface area (Å²) in [6.07, 6.45) is 0. The Kier molecular flexibility index (Phi) is 3.67. The Morgan fingerprint density at radius 2 is 1.95 bits per heavy atom. The maximum absolute atomic E-state index is 12.5. The number of aliphatic carboxylic acids is 1.